The Morgan fingerprint density at radius 2 is 1.97 bits per heavy atom. The summed E-state index contributed by atoms with van der Waals surface area (Å²) in [5, 5.41) is 0. The Kier molecular flexibility index (Phi) is 5.37. The van der Waals surface area contributed by atoms with Crippen molar-refractivity contribution in [3.63, 3.8) is 0 Å². The molecule has 0 bridgehead atoms. The first kappa shape index (κ1) is 19.6. The zero-order chi connectivity index (χ0) is 20.4. The fourth-order valence-corrected chi connectivity index (χ4v) is 4.18. The van der Waals surface area contributed by atoms with Crippen LogP contribution in [-0.2, 0) is 16.0 Å². The Labute approximate surface area is 170 Å². The lowest BCUT2D eigenvalue weighted by molar-refractivity contribution is -0.144. The van der Waals surface area contributed by atoms with E-state index >= 15 is 0 Å². The summed E-state index contributed by atoms with van der Waals surface area (Å²) < 4.78 is 19.6. The molecule has 2 aliphatic rings. The van der Waals surface area contributed by atoms with Crippen molar-refractivity contribution in [2.24, 2.45) is 0 Å². The average molecular weight is 396 g/mol. The molecule has 2 aliphatic heterocycles. The Balaban J connectivity index is 1.53. The van der Waals surface area contributed by atoms with Crippen LogP contribution in [0.4, 0.5) is 10.1 Å². The van der Waals surface area contributed by atoms with Gasteiger partial charge in [-0.3, -0.25) is 9.59 Å². The number of morpholine rings is 1. The predicted molar refractivity (Wildman–Crippen MR) is 108 cm³/mol. The summed E-state index contributed by atoms with van der Waals surface area (Å²) in [7, 11) is 0. The molecule has 0 radical (unpaired) electrons. The van der Waals surface area contributed by atoms with Crippen molar-refractivity contribution in [2.75, 3.05) is 31.1 Å². The molecule has 2 heterocycles. The molecule has 0 saturated carbocycles. The van der Waals surface area contributed by atoms with E-state index in [0.29, 0.717) is 30.9 Å². The summed E-state index contributed by atoms with van der Waals surface area (Å²) in [5.74, 6) is -0.601. The second kappa shape index (κ2) is 7.95. The van der Waals surface area contributed by atoms with Crippen LogP contribution >= 0.6 is 0 Å². The van der Waals surface area contributed by atoms with Crippen LogP contribution in [0.2, 0.25) is 0 Å². The van der Waals surface area contributed by atoms with Gasteiger partial charge < -0.3 is 14.5 Å². The number of amides is 2. The number of carbonyl (C=O) groups is 2. The molecule has 1 atom stereocenters. The van der Waals surface area contributed by atoms with Crippen LogP contribution in [0.3, 0.4) is 0 Å². The van der Waals surface area contributed by atoms with Crippen LogP contribution in [-0.4, -0.2) is 48.6 Å². The van der Waals surface area contributed by atoms with Gasteiger partial charge in [0.15, 0.2) is 0 Å². The topological polar surface area (TPSA) is 49.9 Å². The summed E-state index contributed by atoms with van der Waals surface area (Å²) in [6, 6.07) is 13.7. The Morgan fingerprint density at radius 3 is 2.69 bits per heavy atom. The summed E-state index contributed by atoms with van der Waals surface area (Å²) in [6.07, 6.45) is 2.48. The van der Waals surface area contributed by atoms with Gasteiger partial charge in [-0.15, -0.1) is 0 Å². The summed E-state index contributed by atoms with van der Waals surface area (Å²) in [5.41, 5.74) is 1.75. The summed E-state index contributed by atoms with van der Waals surface area (Å²) in [6.45, 7) is 3.41. The summed E-state index contributed by atoms with van der Waals surface area (Å²) in [4.78, 5) is 28.8. The van der Waals surface area contributed by atoms with Crippen molar-refractivity contribution in [3.8, 4) is 0 Å². The molecule has 2 aromatic rings. The van der Waals surface area contributed by atoms with E-state index in [2.05, 4.69) is 6.92 Å². The maximum absolute atomic E-state index is 13.7. The van der Waals surface area contributed by atoms with Crippen LogP contribution in [0.1, 0.15) is 35.7 Å². The minimum Gasteiger partial charge on any atom is -0.361 e. The lowest BCUT2D eigenvalue weighted by Gasteiger charge is -2.47. The van der Waals surface area contributed by atoms with Crippen LogP contribution in [0.15, 0.2) is 48.5 Å². The highest BCUT2D eigenvalue weighted by Crippen LogP contribution is 2.32. The molecule has 1 unspecified atom stereocenters. The van der Waals surface area contributed by atoms with Crippen LogP contribution in [0, 0.1) is 5.82 Å². The molecule has 152 valence electrons. The maximum atomic E-state index is 13.7. The normalized spacial score (nSPS) is 22.2. The highest BCUT2D eigenvalue weighted by molar-refractivity contribution is 5.96. The van der Waals surface area contributed by atoms with Crippen molar-refractivity contribution in [1.82, 2.24) is 4.90 Å². The second-order valence-electron chi connectivity index (χ2n) is 7.81. The predicted octanol–water partition coefficient (Wildman–Crippen LogP) is 3.43. The van der Waals surface area contributed by atoms with Gasteiger partial charge in [0, 0.05) is 17.8 Å². The smallest absolute Gasteiger partial charge is 0.253 e. The summed E-state index contributed by atoms with van der Waals surface area (Å²) >= 11 is 0. The molecule has 2 amide bonds. The standard InChI is InChI=1S/C23H25FN2O3/c1-2-17-7-9-18(10-8-17)22(28)25-12-4-11-23(15-25)16-26(21(27)14-29-23)20-6-3-5-19(24)13-20/h3,5-10,13H,2,4,11-12,14-16H2,1H3. The van der Waals surface area contributed by atoms with Crippen molar-refractivity contribution < 1.29 is 18.7 Å². The number of benzene rings is 2. The molecule has 2 fully saturated rings. The molecular formula is C23H25FN2O3. The number of hydrogen-bond donors (Lipinski definition) is 0. The molecule has 5 nitrogen and oxygen atoms in total. The molecule has 6 heteroatoms. The number of piperidine rings is 1. The van der Waals surface area contributed by atoms with Gasteiger partial charge in [0.2, 0.25) is 0 Å². The molecule has 0 aromatic heterocycles. The van der Waals surface area contributed by atoms with Gasteiger partial charge in [-0.05, 0) is 55.2 Å². The maximum Gasteiger partial charge on any atom is 0.253 e. The highest BCUT2D eigenvalue weighted by Gasteiger charge is 2.44. The van der Waals surface area contributed by atoms with E-state index < -0.39 is 5.60 Å². The van der Waals surface area contributed by atoms with Gasteiger partial charge in [-0.2, -0.15) is 0 Å². The van der Waals surface area contributed by atoms with Gasteiger partial charge >= 0.3 is 0 Å². The number of rotatable bonds is 3. The van der Waals surface area contributed by atoms with Gasteiger partial charge in [0.1, 0.15) is 18.0 Å². The third kappa shape index (κ3) is 4.03. The minimum atomic E-state index is -0.627. The quantitative estimate of drug-likeness (QED) is 0.799. The molecule has 4 rings (SSSR count). The van der Waals surface area contributed by atoms with Gasteiger partial charge in [0.05, 0.1) is 13.1 Å². The van der Waals surface area contributed by atoms with Gasteiger partial charge in [-0.1, -0.05) is 25.1 Å². The number of ether oxygens (including phenoxy) is 1. The number of carbonyl (C=O) groups excluding carboxylic acids is 2. The van der Waals surface area contributed by atoms with E-state index in [-0.39, 0.29) is 24.2 Å². The molecule has 0 aliphatic carbocycles. The molecule has 0 N–H and O–H groups in total. The van der Waals surface area contributed by atoms with Crippen molar-refractivity contribution in [2.45, 2.75) is 31.8 Å². The second-order valence-corrected chi connectivity index (χ2v) is 7.81. The molecule has 1 spiro atoms. The fourth-order valence-electron chi connectivity index (χ4n) is 4.18. The monoisotopic (exact) mass is 396 g/mol. The number of halogens is 1. The highest BCUT2D eigenvalue weighted by atomic mass is 19.1. The number of anilines is 1. The van der Waals surface area contributed by atoms with E-state index in [4.69, 9.17) is 4.74 Å². The average Bonchev–Trinajstić information content (AvgIpc) is 2.75. The zero-order valence-electron chi connectivity index (χ0n) is 16.6. The number of likely N-dealkylation sites (tertiary alicyclic amines) is 1. The third-order valence-corrected chi connectivity index (χ3v) is 5.80. The van der Waals surface area contributed by atoms with Crippen LogP contribution in [0.25, 0.3) is 0 Å². The Hall–Kier alpha value is -2.73. The van der Waals surface area contributed by atoms with E-state index in [1.807, 2.05) is 29.2 Å². The van der Waals surface area contributed by atoms with E-state index in [1.165, 1.54) is 17.7 Å². The van der Waals surface area contributed by atoms with Crippen LogP contribution in [0.5, 0.6) is 0 Å². The van der Waals surface area contributed by atoms with Crippen molar-refractivity contribution in [1.29, 1.82) is 0 Å². The fraction of sp³-hybridized carbons (Fsp3) is 0.391. The minimum absolute atomic E-state index is 0.0236. The first-order valence-electron chi connectivity index (χ1n) is 10.1. The lowest BCUT2D eigenvalue weighted by atomic mass is 9.90. The SMILES string of the molecule is CCc1ccc(C(=O)N2CCCC3(C2)CN(c2cccc(F)c2)C(=O)CO3)cc1. The molecule has 2 saturated heterocycles. The molecule has 2 aromatic carbocycles. The Bertz CT molecular complexity index is 915. The largest absolute Gasteiger partial charge is 0.361 e. The van der Waals surface area contributed by atoms with Gasteiger partial charge in [0.25, 0.3) is 11.8 Å². The van der Waals surface area contributed by atoms with E-state index in [1.54, 1.807) is 17.0 Å². The van der Waals surface area contributed by atoms with Gasteiger partial charge in [-0.25, -0.2) is 4.39 Å². The first-order chi connectivity index (χ1) is 14.0. The van der Waals surface area contributed by atoms with Crippen molar-refractivity contribution in [3.05, 3.63) is 65.5 Å². The Morgan fingerprint density at radius 1 is 1.17 bits per heavy atom. The number of aryl methyl sites for hydroxylation is 1. The van der Waals surface area contributed by atoms with Crippen molar-refractivity contribution >= 4 is 17.5 Å². The zero-order valence-corrected chi connectivity index (χ0v) is 16.6. The number of hydrogen-bond acceptors (Lipinski definition) is 3. The molecular weight excluding hydrogens is 371 g/mol. The van der Waals surface area contributed by atoms with E-state index in [0.717, 1.165) is 19.3 Å². The third-order valence-electron chi connectivity index (χ3n) is 5.80. The number of nitrogens with zero attached hydrogens (tertiary/aromatic N) is 2. The van der Waals surface area contributed by atoms with Crippen LogP contribution < -0.4 is 4.90 Å². The first-order valence-corrected chi connectivity index (χ1v) is 10.1. The van der Waals surface area contributed by atoms with E-state index in [9.17, 15) is 14.0 Å². The molecule has 29 heavy (non-hydrogen) atoms. The lowest BCUT2D eigenvalue weighted by Crippen LogP contribution is -2.62.